The number of methoxy groups -OCH3 is 1. The summed E-state index contributed by atoms with van der Waals surface area (Å²) in [6.07, 6.45) is 2.26. The maximum atomic E-state index is 6.11. The fraction of sp³-hybridized carbons (Fsp3) is 0.385. The van der Waals surface area contributed by atoms with Crippen molar-refractivity contribution in [1.82, 2.24) is 9.80 Å². The van der Waals surface area contributed by atoms with Gasteiger partial charge in [-0.05, 0) is 67.0 Å². The van der Waals surface area contributed by atoms with Crippen LogP contribution >= 0.6 is 0 Å². The van der Waals surface area contributed by atoms with Crippen LogP contribution in [0.3, 0.4) is 0 Å². The number of aryl methyl sites for hydroxylation is 1. The molecule has 0 amide bonds. The summed E-state index contributed by atoms with van der Waals surface area (Å²) < 4.78 is 11.7. The summed E-state index contributed by atoms with van der Waals surface area (Å²) in [6.45, 7) is 6.40. The number of likely N-dealkylation sites (N-methyl/N-ethyl adjacent to an activating group) is 1. The molecule has 1 aliphatic heterocycles. The highest BCUT2D eigenvalue weighted by Gasteiger charge is 2.13. The Kier molecular flexibility index (Phi) is 6.88. The van der Waals surface area contributed by atoms with E-state index in [4.69, 9.17) is 9.47 Å². The molecule has 0 atom stereocenters. The van der Waals surface area contributed by atoms with Crippen molar-refractivity contribution in [2.45, 2.75) is 19.4 Å². The van der Waals surface area contributed by atoms with Crippen LogP contribution in [-0.2, 0) is 13.0 Å². The van der Waals surface area contributed by atoms with E-state index >= 15 is 0 Å². The average Bonchev–Trinajstić information content (AvgIpc) is 2.79. The first kappa shape index (κ1) is 20.7. The third-order valence-corrected chi connectivity index (χ3v) is 6.00. The van der Waals surface area contributed by atoms with Gasteiger partial charge in [-0.25, -0.2) is 0 Å². The molecule has 1 fully saturated rings. The van der Waals surface area contributed by atoms with Crippen molar-refractivity contribution in [2.75, 3.05) is 46.9 Å². The van der Waals surface area contributed by atoms with Crippen LogP contribution in [0.4, 0.5) is 0 Å². The van der Waals surface area contributed by atoms with Gasteiger partial charge in [0.15, 0.2) is 0 Å². The van der Waals surface area contributed by atoms with Crippen LogP contribution in [0.5, 0.6) is 11.5 Å². The molecule has 4 rings (SSSR count). The molecule has 1 heterocycles. The average molecular weight is 405 g/mol. The lowest BCUT2D eigenvalue weighted by molar-refractivity contribution is 0.153. The number of benzene rings is 3. The monoisotopic (exact) mass is 404 g/mol. The lowest BCUT2D eigenvalue weighted by Crippen LogP contribution is -2.44. The third-order valence-electron chi connectivity index (χ3n) is 6.00. The molecule has 4 nitrogen and oxygen atoms in total. The van der Waals surface area contributed by atoms with Crippen LogP contribution < -0.4 is 9.47 Å². The zero-order chi connectivity index (χ0) is 20.8. The predicted octanol–water partition coefficient (Wildman–Crippen LogP) is 4.61. The second-order valence-corrected chi connectivity index (χ2v) is 8.19. The van der Waals surface area contributed by atoms with Crippen molar-refractivity contribution in [1.29, 1.82) is 0 Å². The topological polar surface area (TPSA) is 24.9 Å². The van der Waals surface area contributed by atoms with Gasteiger partial charge in [0.25, 0.3) is 0 Å². The molecular formula is C26H32N2O2. The van der Waals surface area contributed by atoms with E-state index in [1.807, 2.05) is 6.07 Å². The van der Waals surface area contributed by atoms with Gasteiger partial charge in [-0.3, -0.25) is 0 Å². The summed E-state index contributed by atoms with van der Waals surface area (Å²) in [5.74, 6) is 1.77. The largest absolute Gasteiger partial charge is 0.496 e. The van der Waals surface area contributed by atoms with E-state index < -0.39 is 0 Å². The predicted molar refractivity (Wildman–Crippen MR) is 124 cm³/mol. The zero-order valence-corrected chi connectivity index (χ0v) is 18.1. The molecule has 0 saturated carbocycles. The highest BCUT2D eigenvalue weighted by molar-refractivity contribution is 5.83. The van der Waals surface area contributed by atoms with Crippen molar-refractivity contribution < 1.29 is 9.47 Å². The van der Waals surface area contributed by atoms with Gasteiger partial charge in [-0.2, -0.15) is 0 Å². The summed E-state index contributed by atoms with van der Waals surface area (Å²) >= 11 is 0. The molecule has 3 aromatic carbocycles. The minimum absolute atomic E-state index is 0.508. The maximum absolute atomic E-state index is 6.11. The lowest BCUT2D eigenvalue weighted by Gasteiger charge is -2.32. The first-order valence-corrected chi connectivity index (χ1v) is 10.9. The molecule has 0 aromatic heterocycles. The molecule has 0 bridgehead atoms. The number of hydrogen-bond donors (Lipinski definition) is 0. The van der Waals surface area contributed by atoms with E-state index in [0.29, 0.717) is 6.61 Å². The maximum Gasteiger partial charge on any atom is 0.125 e. The molecule has 0 radical (unpaired) electrons. The molecule has 0 spiro atoms. The zero-order valence-electron chi connectivity index (χ0n) is 18.1. The van der Waals surface area contributed by atoms with Crippen molar-refractivity contribution in [3.8, 4) is 11.5 Å². The second-order valence-electron chi connectivity index (χ2n) is 8.19. The van der Waals surface area contributed by atoms with Gasteiger partial charge < -0.3 is 19.3 Å². The molecule has 0 aliphatic carbocycles. The highest BCUT2D eigenvalue weighted by Crippen LogP contribution is 2.25. The number of ether oxygens (including phenoxy) is 2. The van der Waals surface area contributed by atoms with Crippen LogP contribution in [-0.4, -0.2) is 56.7 Å². The van der Waals surface area contributed by atoms with Gasteiger partial charge in [-0.15, -0.1) is 0 Å². The standard InChI is InChI=1S/C26H32N2O2/c1-27-14-16-28(17-15-27)13-5-6-21-9-12-26(29-2)24(18-21)20-30-25-11-10-22-7-3-4-8-23(22)19-25/h3-4,7-12,18-19H,5-6,13-17,20H2,1-2H3. The molecule has 1 saturated heterocycles. The SMILES string of the molecule is COc1ccc(CCCN2CCN(C)CC2)cc1COc1ccc2ccccc2c1. The van der Waals surface area contributed by atoms with Crippen molar-refractivity contribution >= 4 is 10.8 Å². The molecule has 4 heteroatoms. The smallest absolute Gasteiger partial charge is 0.125 e. The summed E-state index contributed by atoms with van der Waals surface area (Å²) in [7, 11) is 3.93. The molecule has 0 unspecified atom stereocenters. The molecule has 1 aliphatic rings. The van der Waals surface area contributed by atoms with Crippen LogP contribution in [0.1, 0.15) is 17.5 Å². The fourth-order valence-corrected chi connectivity index (χ4v) is 4.10. The Morgan fingerprint density at radius 3 is 2.47 bits per heavy atom. The van der Waals surface area contributed by atoms with E-state index in [2.05, 4.69) is 71.4 Å². The summed E-state index contributed by atoms with van der Waals surface area (Å²) in [5.41, 5.74) is 2.45. The van der Waals surface area contributed by atoms with Gasteiger partial charge in [-0.1, -0.05) is 36.4 Å². The Hall–Kier alpha value is -2.56. The second kappa shape index (κ2) is 9.96. The Balaban J connectivity index is 1.35. The first-order valence-electron chi connectivity index (χ1n) is 10.9. The van der Waals surface area contributed by atoms with Crippen molar-refractivity contribution in [3.63, 3.8) is 0 Å². The van der Waals surface area contributed by atoms with Crippen LogP contribution in [0.25, 0.3) is 10.8 Å². The summed E-state index contributed by atoms with van der Waals surface area (Å²) in [5, 5.41) is 2.42. The van der Waals surface area contributed by atoms with Crippen LogP contribution in [0.15, 0.2) is 60.7 Å². The van der Waals surface area contributed by atoms with Crippen molar-refractivity contribution in [3.05, 3.63) is 71.8 Å². The minimum Gasteiger partial charge on any atom is -0.496 e. The van der Waals surface area contributed by atoms with Crippen LogP contribution in [0.2, 0.25) is 0 Å². The van der Waals surface area contributed by atoms with E-state index in [1.54, 1.807) is 7.11 Å². The first-order chi connectivity index (χ1) is 14.7. The van der Waals surface area contributed by atoms with E-state index in [1.165, 1.54) is 55.5 Å². The molecule has 158 valence electrons. The highest BCUT2D eigenvalue weighted by atomic mass is 16.5. The Bertz CT molecular complexity index is 964. The van der Waals surface area contributed by atoms with E-state index in [9.17, 15) is 0 Å². The van der Waals surface area contributed by atoms with Gasteiger partial charge >= 0.3 is 0 Å². The minimum atomic E-state index is 0.508. The third kappa shape index (κ3) is 5.32. The van der Waals surface area contributed by atoms with Gasteiger partial charge in [0.1, 0.15) is 18.1 Å². The fourth-order valence-electron chi connectivity index (χ4n) is 4.10. The van der Waals surface area contributed by atoms with Crippen molar-refractivity contribution in [2.24, 2.45) is 0 Å². The number of hydrogen-bond acceptors (Lipinski definition) is 4. The number of nitrogens with zero attached hydrogens (tertiary/aromatic N) is 2. The number of fused-ring (bicyclic) bond motifs is 1. The molecule has 3 aromatic rings. The van der Waals surface area contributed by atoms with Crippen LogP contribution in [0, 0.1) is 0 Å². The number of rotatable bonds is 8. The van der Waals surface area contributed by atoms with E-state index in [-0.39, 0.29) is 0 Å². The normalized spacial score (nSPS) is 15.4. The quantitative estimate of drug-likeness (QED) is 0.547. The summed E-state index contributed by atoms with van der Waals surface area (Å²) in [6, 6.07) is 21.1. The Labute approximate surface area is 180 Å². The number of piperazine rings is 1. The Morgan fingerprint density at radius 1 is 0.867 bits per heavy atom. The van der Waals surface area contributed by atoms with Gasteiger partial charge in [0.05, 0.1) is 7.11 Å². The molecule has 0 N–H and O–H groups in total. The Morgan fingerprint density at radius 2 is 1.67 bits per heavy atom. The van der Waals surface area contributed by atoms with Gasteiger partial charge in [0.2, 0.25) is 0 Å². The lowest BCUT2D eigenvalue weighted by atomic mass is 10.1. The van der Waals surface area contributed by atoms with Gasteiger partial charge in [0, 0.05) is 31.7 Å². The molecule has 30 heavy (non-hydrogen) atoms. The summed E-state index contributed by atoms with van der Waals surface area (Å²) in [4.78, 5) is 4.98. The molecular weight excluding hydrogens is 372 g/mol. The van der Waals surface area contributed by atoms with E-state index in [0.717, 1.165) is 23.5 Å².